The number of aromatic nitrogens is 2. The van der Waals surface area contributed by atoms with Crippen LogP contribution in [-0.2, 0) is 16.8 Å². The Morgan fingerprint density at radius 3 is 1.67 bits per heavy atom. The highest BCUT2D eigenvalue weighted by Crippen LogP contribution is 2.40. The number of hydrogen-bond donors (Lipinski definition) is 2. The molecule has 4 rings (SSSR count). The largest absolute Gasteiger partial charge is 0.368 e. The highest BCUT2D eigenvalue weighted by Gasteiger charge is 2.38. The number of nitrogens with two attached hydrogens (primary N) is 2. The van der Waals surface area contributed by atoms with Gasteiger partial charge < -0.3 is 16.0 Å². The lowest BCUT2D eigenvalue weighted by atomic mass is 9.77. The first kappa shape index (κ1) is 19.6. The molecule has 5 heteroatoms. The quantitative estimate of drug-likeness (QED) is 0.471. The number of carbonyl (C=O) groups is 1. The van der Waals surface area contributed by atoms with E-state index in [0.717, 1.165) is 16.7 Å². The Labute approximate surface area is 176 Å². The van der Waals surface area contributed by atoms with Crippen molar-refractivity contribution < 1.29 is 4.79 Å². The maximum atomic E-state index is 11.4. The molecule has 1 aromatic heterocycles. The Hall–Kier alpha value is -3.70. The second-order valence-corrected chi connectivity index (χ2v) is 7.29. The number of rotatable bonds is 7. The summed E-state index contributed by atoms with van der Waals surface area (Å²) in [5, 5.41) is 0. The third kappa shape index (κ3) is 3.51. The molecule has 4 N–H and O–H groups in total. The molecule has 1 atom stereocenters. The summed E-state index contributed by atoms with van der Waals surface area (Å²) in [5.74, 6) is -0.537. The molecule has 1 amide bonds. The van der Waals surface area contributed by atoms with Crippen LogP contribution in [0.1, 0.15) is 22.4 Å². The monoisotopic (exact) mass is 396 g/mol. The summed E-state index contributed by atoms with van der Waals surface area (Å²) in [4.78, 5) is 16.0. The third-order valence-electron chi connectivity index (χ3n) is 5.39. The summed E-state index contributed by atoms with van der Waals surface area (Å²) < 4.78 is 2.09. The van der Waals surface area contributed by atoms with Gasteiger partial charge in [-0.15, -0.1) is 0 Å². The van der Waals surface area contributed by atoms with Gasteiger partial charge in [-0.2, -0.15) is 0 Å². The van der Waals surface area contributed by atoms with E-state index in [9.17, 15) is 4.79 Å². The zero-order chi connectivity index (χ0) is 21.0. The molecule has 0 aliphatic carbocycles. The summed E-state index contributed by atoms with van der Waals surface area (Å²) in [6.45, 7) is 0. The molecule has 0 aliphatic rings. The van der Waals surface area contributed by atoms with Gasteiger partial charge in [-0.25, -0.2) is 4.98 Å². The van der Waals surface area contributed by atoms with Gasteiger partial charge in [0.25, 0.3) is 0 Å². The smallest absolute Gasteiger partial charge is 0.234 e. The van der Waals surface area contributed by atoms with Gasteiger partial charge in [-0.05, 0) is 16.7 Å². The fraction of sp³-hybridized carbons (Fsp3) is 0.120. The Kier molecular flexibility index (Phi) is 5.46. The maximum Gasteiger partial charge on any atom is 0.234 e. The number of imidazole rings is 1. The van der Waals surface area contributed by atoms with Crippen LogP contribution in [0.15, 0.2) is 104 Å². The lowest BCUT2D eigenvalue weighted by Gasteiger charge is -2.37. The molecule has 1 heterocycles. The van der Waals surface area contributed by atoms with Crippen LogP contribution in [0.2, 0.25) is 0 Å². The molecule has 0 saturated heterocycles. The first-order valence-corrected chi connectivity index (χ1v) is 9.87. The van der Waals surface area contributed by atoms with Crippen LogP contribution in [0.25, 0.3) is 0 Å². The molecule has 4 aromatic rings. The first-order chi connectivity index (χ1) is 14.6. The predicted molar refractivity (Wildman–Crippen MR) is 118 cm³/mol. The third-order valence-corrected chi connectivity index (χ3v) is 5.39. The minimum Gasteiger partial charge on any atom is -0.368 e. The van der Waals surface area contributed by atoms with Gasteiger partial charge in [-0.1, -0.05) is 91.0 Å². The molecule has 30 heavy (non-hydrogen) atoms. The molecule has 0 fully saturated rings. The highest BCUT2D eigenvalue weighted by molar-refractivity contribution is 5.79. The molecular weight excluding hydrogens is 372 g/mol. The van der Waals surface area contributed by atoms with Crippen molar-refractivity contribution in [3.63, 3.8) is 0 Å². The van der Waals surface area contributed by atoms with Crippen molar-refractivity contribution in [2.75, 3.05) is 0 Å². The topological polar surface area (TPSA) is 86.9 Å². The van der Waals surface area contributed by atoms with Crippen LogP contribution in [0.3, 0.4) is 0 Å². The van der Waals surface area contributed by atoms with E-state index in [0.29, 0.717) is 5.69 Å². The van der Waals surface area contributed by atoms with Gasteiger partial charge in [0.05, 0.1) is 18.1 Å². The van der Waals surface area contributed by atoms with Crippen LogP contribution >= 0.6 is 0 Å². The fourth-order valence-electron chi connectivity index (χ4n) is 3.96. The summed E-state index contributed by atoms with van der Waals surface area (Å²) in [6.07, 6.45) is 4.04. The van der Waals surface area contributed by atoms with Crippen molar-refractivity contribution in [3.8, 4) is 0 Å². The second kappa shape index (κ2) is 8.35. The lowest BCUT2D eigenvalue weighted by molar-refractivity contribution is -0.119. The van der Waals surface area contributed by atoms with E-state index in [2.05, 4.69) is 45.9 Å². The molecule has 0 spiro atoms. The minimum absolute atomic E-state index is 0.288. The van der Waals surface area contributed by atoms with E-state index in [1.165, 1.54) is 0 Å². The number of benzene rings is 3. The van der Waals surface area contributed by atoms with E-state index in [4.69, 9.17) is 11.5 Å². The number of amides is 1. The second-order valence-electron chi connectivity index (χ2n) is 7.29. The number of primary amides is 1. The normalized spacial score (nSPS) is 12.4. The van der Waals surface area contributed by atoms with Gasteiger partial charge in [-0.3, -0.25) is 4.79 Å². The lowest BCUT2D eigenvalue weighted by Crippen LogP contribution is -2.38. The van der Waals surface area contributed by atoms with E-state index in [1.807, 2.05) is 60.8 Å². The van der Waals surface area contributed by atoms with E-state index in [-0.39, 0.29) is 6.42 Å². The van der Waals surface area contributed by atoms with Crippen molar-refractivity contribution in [1.29, 1.82) is 0 Å². The zero-order valence-corrected chi connectivity index (χ0v) is 16.6. The Morgan fingerprint density at radius 2 is 1.27 bits per heavy atom. The summed E-state index contributed by atoms with van der Waals surface area (Å²) in [5.41, 5.74) is 14.6. The van der Waals surface area contributed by atoms with Crippen molar-refractivity contribution in [1.82, 2.24) is 9.55 Å². The van der Waals surface area contributed by atoms with Gasteiger partial charge in [0.2, 0.25) is 5.91 Å². The standard InChI is InChI=1S/C25H24N4O/c26-23(24(27)30)16-22-17-29(18-28-22)25(19-10-4-1-5-11-19,20-12-6-2-7-13-20)21-14-8-3-9-15-21/h1-15,17-18,23H,16,26H2,(H2,27,30)/t23-/m0/s1. The predicted octanol–water partition coefficient (Wildman–Crippen LogP) is 3.08. The fourth-order valence-corrected chi connectivity index (χ4v) is 3.96. The summed E-state index contributed by atoms with van der Waals surface area (Å²) in [6, 6.07) is 30.2. The molecule has 0 saturated carbocycles. The first-order valence-electron chi connectivity index (χ1n) is 9.87. The van der Waals surface area contributed by atoms with Gasteiger partial charge >= 0.3 is 0 Å². The van der Waals surface area contributed by atoms with Crippen LogP contribution in [0, 0.1) is 0 Å². The Bertz CT molecular complexity index is 1010. The van der Waals surface area contributed by atoms with Crippen LogP contribution in [0.5, 0.6) is 0 Å². The molecule has 5 nitrogen and oxygen atoms in total. The number of carbonyl (C=O) groups excluding carboxylic acids is 1. The van der Waals surface area contributed by atoms with Crippen LogP contribution in [-0.4, -0.2) is 21.5 Å². The van der Waals surface area contributed by atoms with Crippen molar-refractivity contribution >= 4 is 5.91 Å². The van der Waals surface area contributed by atoms with Gasteiger partial charge in [0.15, 0.2) is 0 Å². The SMILES string of the molecule is NC(=O)[C@@H](N)Cc1cn(C(c2ccccc2)(c2ccccc2)c2ccccc2)cn1. The average molecular weight is 396 g/mol. The molecule has 0 radical (unpaired) electrons. The van der Waals surface area contributed by atoms with Gasteiger partial charge in [0, 0.05) is 12.6 Å². The summed E-state index contributed by atoms with van der Waals surface area (Å²) >= 11 is 0. The molecule has 0 aliphatic heterocycles. The van der Waals surface area contributed by atoms with Crippen LogP contribution < -0.4 is 11.5 Å². The Morgan fingerprint density at radius 1 is 0.833 bits per heavy atom. The minimum atomic E-state index is -0.770. The number of nitrogens with zero attached hydrogens (tertiary/aromatic N) is 2. The number of hydrogen-bond acceptors (Lipinski definition) is 3. The van der Waals surface area contributed by atoms with E-state index >= 15 is 0 Å². The average Bonchev–Trinajstić information content (AvgIpc) is 3.25. The maximum absolute atomic E-state index is 11.4. The van der Waals surface area contributed by atoms with Crippen molar-refractivity contribution in [3.05, 3.63) is 126 Å². The van der Waals surface area contributed by atoms with E-state index in [1.54, 1.807) is 6.33 Å². The molecule has 0 bridgehead atoms. The molecule has 3 aromatic carbocycles. The van der Waals surface area contributed by atoms with Gasteiger partial charge in [0.1, 0.15) is 5.54 Å². The Balaban J connectivity index is 1.97. The van der Waals surface area contributed by atoms with Crippen molar-refractivity contribution in [2.24, 2.45) is 11.5 Å². The molecule has 150 valence electrons. The van der Waals surface area contributed by atoms with Crippen molar-refractivity contribution in [2.45, 2.75) is 18.0 Å². The van der Waals surface area contributed by atoms with Crippen LogP contribution in [0.4, 0.5) is 0 Å². The molecular formula is C25H24N4O. The molecule has 0 unspecified atom stereocenters. The summed E-state index contributed by atoms with van der Waals surface area (Å²) in [7, 11) is 0. The zero-order valence-electron chi connectivity index (χ0n) is 16.6. The van der Waals surface area contributed by atoms with E-state index < -0.39 is 17.5 Å². The highest BCUT2D eigenvalue weighted by atomic mass is 16.1.